The number of hydrogen-bond donors (Lipinski definition) is 1. The highest BCUT2D eigenvalue weighted by atomic mass is 35.5. The Hall–Kier alpha value is -1.74. The van der Waals surface area contributed by atoms with Gasteiger partial charge in [-0.2, -0.15) is 4.98 Å². The Kier molecular flexibility index (Phi) is 2.97. The molecule has 0 aliphatic heterocycles. The van der Waals surface area contributed by atoms with E-state index < -0.39 is 0 Å². The zero-order valence-electron chi connectivity index (χ0n) is 8.77. The normalized spacial score (nSPS) is 10.1. The second-order valence-corrected chi connectivity index (χ2v) is 3.83. The molecular formula is C12H11ClN2O. The lowest BCUT2D eigenvalue weighted by Gasteiger charge is -2.07. The minimum Gasteiger partial charge on any atom is -0.437 e. The molecule has 0 aliphatic rings. The summed E-state index contributed by atoms with van der Waals surface area (Å²) >= 11 is 5.77. The van der Waals surface area contributed by atoms with Gasteiger partial charge in [0.1, 0.15) is 10.9 Å². The second kappa shape index (κ2) is 4.41. The number of nitrogen functional groups attached to an aromatic ring is 1. The Morgan fingerprint density at radius 2 is 2.06 bits per heavy atom. The van der Waals surface area contributed by atoms with E-state index in [0.29, 0.717) is 22.5 Å². The molecule has 0 saturated carbocycles. The van der Waals surface area contributed by atoms with Crippen molar-refractivity contribution in [3.8, 4) is 11.6 Å². The summed E-state index contributed by atoms with van der Waals surface area (Å²) in [6.45, 7) is 1.99. The number of hydrogen-bond acceptors (Lipinski definition) is 3. The van der Waals surface area contributed by atoms with Gasteiger partial charge in [0.15, 0.2) is 0 Å². The van der Waals surface area contributed by atoms with Gasteiger partial charge in [0.25, 0.3) is 0 Å². The number of pyridine rings is 1. The van der Waals surface area contributed by atoms with Gasteiger partial charge in [-0.3, -0.25) is 0 Å². The van der Waals surface area contributed by atoms with Crippen molar-refractivity contribution in [1.29, 1.82) is 0 Å². The first-order chi connectivity index (χ1) is 7.65. The number of nitrogens with two attached hydrogens (primary N) is 1. The van der Waals surface area contributed by atoms with Gasteiger partial charge in [-0.25, -0.2) is 0 Å². The third-order valence-electron chi connectivity index (χ3n) is 2.06. The van der Waals surface area contributed by atoms with E-state index in [1.165, 1.54) is 0 Å². The molecular weight excluding hydrogens is 224 g/mol. The van der Waals surface area contributed by atoms with Gasteiger partial charge in [-0.1, -0.05) is 23.7 Å². The van der Waals surface area contributed by atoms with Gasteiger partial charge >= 0.3 is 0 Å². The number of aryl methyl sites for hydroxylation is 1. The van der Waals surface area contributed by atoms with Crippen LogP contribution in [0, 0.1) is 6.92 Å². The maximum absolute atomic E-state index is 5.77. The number of halogens is 1. The van der Waals surface area contributed by atoms with Crippen molar-refractivity contribution in [3.05, 3.63) is 47.1 Å². The van der Waals surface area contributed by atoms with Gasteiger partial charge in [0.2, 0.25) is 5.88 Å². The van der Waals surface area contributed by atoms with Crippen LogP contribution < -0.4 is 10.5 Å². The average Bonchev–Trinajstić information content (AvgIpc) is 2.24. The average molecular weight is 235 g/mol. The summed E-state index contributed by atoms with van der Waals surface area (Å²) in [5, 5.41) is 0.358. The molecule has 1 heterocycles. The number of nitrogens with zero attached hydrogens (tertiary/aromatic N) is 1. The predicted molar refractivity (Wildman–Crippen MR) is 64.9 cm³/mol. The van der Waals surface area contributed by atoms with Crippen molar-refractivity contribution in [1.82, 2.24) is 4.98 Å². The van der Waals surface area contributed by atoms with Crippen LogP contribution in [-0.2, 0) is 0 Å². The van der Waals surface area contributed by atoms with E-state index in [1.807, 2.05) is 31.2 Å². The molecule has 0 radical (unpaired) electrons. The van der Waals surface area contributed by atoms with E-state index in [2.05, 4.69) is 4.98 Å². The fourth-order valence-corrected chi connectivity index (χ4v) is 1.44. The fraction of sp³-hybridized carbons (Fsp3) is 0.0833. The highest BCUT2D eigenvalue weighted by Crippen LogP contribution is 2.26. The van der Waals surface area contributed by atoms with Crippen molar-refractivity contribution in [2.75, 3.05) is 5.73 Å². The highest BCUT2D eigenvalue weighted by Gasteiger charge is 2.04. The van der Waals surface area contributed by atoms with Crippen LogP contribution in [-0.4, -0.2) is 4.98 Å². The van der Waals surface area contributed by atoms with E-state index in [4.69, 9.17) is 22.1 Å². The lowest BCUT2D eigenvalue weighted by molar-refractivity contribution is 0.465. The molecule has 16 heavy (non-hydrogen) atoms. The zero-order chi connectivity index (χ0) is 11.5. The van der Waals surface area contributed by atoms with Crippen molar-refractivity contribution < 1.29 is 4.74 Å². The highest BCUT2D eigenvalue weighted by molar-refractivity contribution is 6.29. The van der Waals surface area contributed by atoms with Crippen LogP contribution in [0.5, 0.6) is 11.6 Å². The largest absolute Gasteiger partial charge is 0.437 e. The lowest BCUT2D eigenvalue weighted by atomic mass is 10.2. The van der Waals surface area contributed by atoms with Crippen LogP contribution in [0.4, 0.5) is 5.69 Å². The number of rotatable bonds is 2. The summed E-state index contributed by atoms with van der Waals surface area (Å²) < 4.78 is 5.55. The minimum atomic E-state index is 0.332. The molecule has 0 saturated heterocycles. The molecule has 1 aromatic heterocycles. The minimum absolute atomic E-state index is 0.332. The Balaban J connectivity index is 2.30. The first kappa shape index (κ1) is 10.8. The van der Waals surface area contributed by atoms with Crippen LogP contribution in [0.2, 0.25) is 5.15 Å². The van der Waals surface area contributed by atoms with Gasteiger partial charge in [0, 0.05) is 0 Å². The lowest BCUT2D eigenvalue weighted by Crippen LogP contribution is -1.95. The van der Waals surface area contributed by atoms with Gasteiger partial charge in [-0.15, -0.1) is 0 Å². The Morgan fingerprint density at radius 3 is 2.81 bits per heavy atom. The van der Waals surface area contributed by atoms with E-state index in [9.17, 15) is 0 Å². The van der Waals surface area contributed by atoms with Crippen LogP contribution in [0.3, 0.4) is 0 Å². The Morgan fingerprint density at radius 1 is 1.25 bits per heavy atom. The molecule has 0 bridgehead atoms. The van der Waals surface area contributed by atoms with E-state index in [1.54, 1.807) is 12.1 Å². The first-order valence-electron chi connectivity index (χ1n) is 4.82. The molecule has 0 spiro atoms. The first-order valence-corrected chi connectivity index (χ1v) is 5.19. The van der Waals surface area contributed by atoms with E-state index in [0.717, 1.165) is 5.56 Å². The summed E-state index contributed by atoms with van der Waals surface area (Å²) in [5.74, 6) is 1.03. The molecule has 0 atom stereocenters. The summed E-state index contributed by atoms with van der Waals surface area (Å²) in [5.41, 5.74) is 7.30. The van der Waals surface area contributed by atoms with Gasteiger partial charge < -0.3 is 10.5 Å². The number of benzene rings is 1. The number of anilines is 1. The quantitative estimate of drug-likeness (QED) is 0.810. The standard InChI is InChI=1S/C12H11ClN2O/c1-8-3-2-4-9(7-8)16-12-10(14)5-6-11(13)15-12/h2-7H,14H2,1H3. The SMILES string of the molecule is Cc1cccc(Oc2nc(Cl)ccc2N)c1. The van der Waals surface area contributed by atoms with Crippen molar-refractivity contribution in [2.45, 2.75) is 6.92 Å². The third kappa shape index (κ3) is 2.44. The van der Waals surface area contributed by atoms with Crippen LogP contribution in [0.15, 0.2) is 36.4 Å². The topological polar surface area (TPSA) is 48.1 Å². The smallest absolute Gasteiger partial charge is 0.244 e. The van der Waals surface area contributed by atoms with Crippen molar-refractivity contribution in [3.63, 3.8) is 0 Å². The molecule has 82 valence electrons. The molecule has 0 aliphatic carbocycles. The van der Waals surface area contributed by atoms with Crippen molar-refractivity contribution >= 4 is 17.3 Å². The molecule has 2 aromatic rings. The van der Waals surface area contributed by atoms with Crippen LogP contribution >= 0.6 is 11.6 Å². The maximum atomic E-state index is 5.77. The molecule has 0 amide bonds. The summed E-state index contributed by atoms with van der Waals surface area (Å²) in [4.78, 5) is 4.02. The Bertz CT molecular complexity index is 514. The molecule has 1 aromatic carbocycles. The third-order valence-corrected chi connectivity index (χ3v) is 2.27. The van der Waals surface area contributed by atoms with Crippen molar-refractivity contribution in [2.24, 2.45) is 0 Å². The summed E-state index contributed by atoms with van der Waals surface area (Å²) in [7, 11) is 0. The molecule has 2 N–H and O–H groups in total. The summed E-state index contributed by atoms with van der Waals surface area (Å²) in [6, 6.07) is 10.9. The maximum Gasteiger partial charge on any atom is 0.244 e. The van der Waals surface area contributed by atoms with Gasteiger partial charge in [-0.05, 0) is 36.8 Å². The van der Waals surface area contributed by atoms with Gasteiger partial charge in [0.05, 0.1) is 5.69 Å². The molecule has 4 heteroatoms. The number of ether oxygens (including phenoxy) is 1. The molecule has 3 nitrogen and oxygen atoms in total. The van der Waals surface area contributed by atoms with Crippen LogP contribution in [0.1, 0.15) is 5.56 Å². The number of aromatic nitrogens is 1. The predicted octanol–water partition coefficient (Wildman–Crippen LogP) is 3.42. The van der Waals surface area contributed by atoms with Crippen LogP contribution in [0.25, 0.3) is 0 Å². The zero-order valence-corrected chi connectivity index (χ0v) is 9.53. The molecule has 0 unspecified atom stereocenters. The summed E-state index contributed by atoms with van der Waals surface area (Å²) in [6.07, 6.45) is 0. The molecule has 2 rings (SSSR count). The second-order valence-electron chi connectivity index (χ2n) is 3.45. The van der Waals surface area contributed by atoms with E-state index in [-0.39, 0.29) is 0 Å². The van der Waals surface area contributed by atoms with E-state index >= 15 is 0 Å². The fourth-order valence-electron chi connectivity index (χ4n) is 1.30. The molecule has 0 fully saturated rings. The Labute approximate surface area is 98.8 Å². The monoisotopic (exact) mass is 234 g/mol.